The highest BCUT2D eigenvalue weighted by Crippen LogP contribution is 2.19. The Morgan fingerprint density at radius 1 is 1.00 bits per heavy atom. The van der Waals surface area contributed by atoms with Crippen LogP contribution >= 0.6 is 0 Å². The maximum absolute atomic E-state index is 14.2. The molecule has 1 N–H and O–H groups in total. The minimum Gasteiger partial charge on any atom is -0.489 e. The van der Waals surface area contributed by atoms with Crippen LogP contribution in [0.25, 0.3) is 5.65 Å². The number of carbonyl (C=O) groups excluding carboxylic acids is 1. The molecular weight excluding hydrogens is 378 g/mol. The number of hydrogen-bond donors (Lipinski definition) is 1. The first kappa shape index (κ1) is 18.5. The number of aromatic nitrogens is 3. The molecule has 0 bridgehead atoms. The first-order valence-electron chi connectivity index (χ1n) is 8.83. The number of amides is 1. The molecule has 0 atom stereocenters. The molecule has 8 heteroatoms. The smallest absolute Gasteiger partial charge is 0.270 e. The molecule has 2 aromatic heterocycles. The van der Waals surface area contributed by atoms with Crippen LogP contribution in [0, 0.1) is 11.6 Å². The summed E-state index contributed by atoms with van der Waals surface area (Å²) in [7, 11) is 0. The molecule has 2 aromatic carbocycles. The third-order valence-corrected chi connectivity index (χ3v) is 4.34. The van der Waals surface area contributed by atoms with Crippen LogP contribution in [-0.4, -0.2) is 20.5 Å². The van der Waals surface area contributed by atoms with Gasteiger partial charge in [-0.3, -0.25) is 4.79 Å². The topological polar surface area (TPSA) is 68.5 Å². The van der Waals surface area contributed by atoms with E-state index >= 15 is 0 Å². The van der Waals surface area contributed by atoms with Gasteiger partial charge in [-0.05, 0) is 36.4 Å². The van der Waals surface area contributed by atoms with Crippen LogP contribution in [0.2, 0.25) is 0 Å². The van der Waals surface area contributed by atoms with Crippen molar-refractivity contribution in [2.45, 2.75) is 13.2 Å². The zero-order valence-corrected chi connectivity index (χ0v) is 15.2. The number of benzene rings is 2. The van der Waals surface area contributed by atoms with E-state index in [-0.39, 0.29) is 30.2 Å². The van der Waals surface area contributed by atoms with Crippen LogP contribution in [0.4, 0.5) is 8.78 Å². The molecule has 29 heavy (non-hydrogen) atoms. The van der Waals surface area contributed by atoms with E-state index < -0.39 is 11.7 Å². The number of hydrogen-bond acceptors (Lipinski definition) is 4. The fourth-order valence-electron chi connectivity index (χ4n) is 2.84. The zero-order chi connectivity index (χ0) is 20.2. The second-order valence-electron chi connectivity index (χ2n) is 6.26. The van der Waals surface area contributed by atoms with Gasteiger partial charge in [0.25, 0.3) is 5.91 Å². The Labute approximate surface area is 164 Å². The SMILES string of the molecule is O=C(NCc1cc(OCc2ccccc2F)ccc1F)c1cccc2ncnn12. The Morgan fingerprint density at radius 2 is 1.83 bits per heavy atom. The van der Waals surface area contributed by atoms with Gasteiger partial charge in [-0.15, -0.1) is 0 Å². The summed E-state index contributed by atoms with van der Waals surface area (Å²) in [5.74, 6) is -0.901. The summed E-state index contributed by atoms with van der Waals surface area (Å²) in [6.45, 7) is -0.0367. The zero-order valence-electron chi connectivity index (χ0n) is 15.2. The van der Waals surface area contributed by atoms with E-state index in [4.69, 9.17) is 4.74 Å². The maximum atomic E-state index is 14.2. The van der Waals surface area contributed by atoms with Crippen molar-refractivity contribution in [2.24, 2.45) is 0 Å². The van der Waals surface area contributed by atoms with Gasteiger partial charge in [0.1, 0.15) is 36.0 Å². The van der Waals surface area contributed by atoms with Crippen LogP contribution in [-0.2, 0) is 13.2 Å². The number of halogens is 2. The van der Waals surface area contributed by atoms with Crippen molar-refractivity contribution >= 4 is 11.6 Å². The highest BCUT2D eigenvalue weighted by Gasteiger charge is 2.13. The Balaban J connectivity index is 1.45. The lowest BCUT2D eigenvalue weighted by atomic mass is 10.2. The van der Waals surface area contributed by atoms with Gasteiger partial charge >= 0.3 is 0 Å². The molecule has 2 heterocycles. The van der Waals surface area contributed by atoms with Crippen molar-refractivity contribution in [1.29, 1.82) is 0 Å². The largest absolute Gasteiger partial charge is 0.489 e. The van der Waals surface area contributed by atoms with Crippen molar-refractivity contribution in [2.75, 3.05) is 0 Å². The van der Waals surface area contributed by atoms with Gasteiger partial charge in [-0.1, -0.05) is 24.3 Å². The fourth-order valence-corrected chi connectivity index (χ4v) is 2.84. The monoisotopic (exact) mass is 394 g/mol. The maximum Gasteiger partial charge on any atom is 0.270 e. The highest BCUT2D eigenvalue weighted by molar-refractivity contribution is 5.93. The summed E-state index contributed by atoms with van der Waals surface area (Å²) in [5, 5.41) is 6.67. The van der Waals surface area contributed by atoms with E-state index in [1.807, 2.05) is 0 Å². The first-order valence-corrected chi connectivity index (χ1v) is 8.83. The second kappa shape index (κ2) is 8.05. The number of nitrogens with zero attached hydrogens (tertiary/aromatic N) is 3. The highest BCUT2D eigenvalue weighted by atomic mass is 19.1. The van der Waals surface area contributed by atoms with Gasteiger partial charge < -0.3 is 10.1 Å². The number of rotatable bonds is 6. The van der Waals surface area contributed by atoms with Gasteiger partial charge in [0, 0.05) is 17.7 Å². The predicted octanol–water partition coefficient (Wildman–Crippen LogP) is 3.52. The van der Waals surface area contributed by atoms with E-state index in [0.29, 0.717) is 17.0 Å². The lowest BCUT2D eigenvalue weighted by Gasteiger charge is -2.11. The average molecular weight is 394 g/mol. The van der Waals surface area contributed by atoms with Crippen molar-refractivity contribution < 1.29 is 18.3 Å². The van der Waals surface area contributed by atoms with E-state index in [2.05, 4.69) is 15.4 Å². The molecule has 1 amide bonds. The fraction of sp³-hybridized carbons (Fsp3) is 0.0952. The summed E-state index contributed by atoms with van der Waals surface area (Å²) in [6, 6.07) is 15.5. The van der Waals surface area contributed by atoms with Gasteiger partial charge in [0.2, 0.25) is 0 Å². The number of carbonyl (C=O) groups is 1. The molecule has 0 saturated heterocycles. The molecule has 0 fully saturated rings. The van der Waals surface area contributed by atoms with Gasteiger partial charge in [-0.25, -0.2) is 18.3 Å². The lowest BCUT2D eigenvalue weighted by molar-refractivity contribution is 0.0943. The molecular formula is C21H16F2N4O2. The van der Waals surface area contributed by atoms with E-state index in [1.54, 1.807) is 36.4 Å². The molecule has 0 saturated carbocycles. The van der Waals surface area contributed by atoms with Crippen molar-refractivity contribution in [1.82, 2.24) is 19.9 Å². The van der Waals surface area contributed by atoms with Crippen LogP contribution in [0.1, 0.15) is 21.6 Å². The molecule has 4 aromatic rings. The van der Waals surface area contributed by atoms with E-state index in [9.17, 15) is 13.6 Å². The Hall–Kier alpha value is -3.81. The average Bonchev–Trinajstić information content (AvgIpc) is 3.22. The quantitative estimate of drug-likeness (QED) is 0.543. The molecule has 0 spiro atoms. The summed E-state index contributed by atoms with van der Waals surface area (Å²) < 4.78 is 34.8. The molecule has 0 aliphatic carbocycles. The Bertz CT molecular complexity index is 1180. The minimum absolute atomic E-state index is 0.0123. The Kier molecular flexibility index (Phi) is 5.15. The molecule has 146 valence electrons. The first-order chi connectivity index (χ1) is 14.1. The summed E-state index contributed by atoms with van der Waals surface area (Å²) in [5.41, 5.74) is 1.46. The van der Waals surface area contributed by atoms with Crippen LogP contribution in [0.3, 0.4) is 0 Å². The third kappa shape index (κ3) is 4.06. The predicted molar refractivity (Wildman–Crippen MR) is 101 cm³/mol. The van der Waals surface area contributed by atoms with Crippen LogP contribution in [0.5, 0.6) is 5.75 Å². The normalized spacial score (nSPS) is 10.8. The number of fused-ring (bicyclic) bond motifs is 1. The molecule has 0 aliphatic heterocycles. The number of nitrogens with one attached hydrogen (secondary N) is 1. The number of pyridine rings is 1. The van der Waals surface area contributed by atoms with Crippen molar-refractivity contribution in [3.8, 4) is 5.75 Å². The second-order valence-corrected chi connectivity index (χ2v) is 6.26. The van der Waals surface area contributed by atoms with Gasteiger partial charge in [-0.2, -0.15) is 5.10 Å². The lowest BCUT2D eigenvalue weighted by Crippen LogP contribution is -2.25. The summed E-state index contributed by atoms with van der Waals surface area (Å²) in [6.07, 6.45) is 1.35. The summed E-state index contributed by atoms with van der Waals surface area (Å²) >= 11 is 0. The van der Waals surface area contributed by atoms with Crippen molar-refractivity contribution in [3.63, 3.8) is 0 Å². The molecule has 4 rings (SSSR count). The molecule has 0 unspecified atom stereocenters. The van der Waals surface area contributed by atoms with Gasteiger partial charge in [0.05, 0.1) is 0 Å². The molecule has 0 radical (unpaired) electrons. The van der Waals surface area contributed by atoms with Gasteiger partial charge in [0.15, 0.2) is 5.65 Å². The van der Waals surface area contributed by atoms with E-state index in [0.717, 1.165) is 0 Å². The third-order valence-electron chi connectivity index (χ3n) is 4.34. The van der Waals surface area contributed by atoms with E-state index in [1.165, 1.54) is 35.1 Å². The standard InChI is InChI=1S/C21H16F2N4O2/c22-17-5-2-1-4-14(17)12-29-16-8-9-18(23)15(10-16)11-24-21(28)19-6-3-7-20-25-13-26-27(19)20/h1-10,13H,11-12H2,(H,24,28). The minimum atomic E-state index is -0.484. The molecule has 0 aliphatic rings. The molecule has 6 nitrogen and oxygen atoms in total. The number of ether oxygens (including phenoxy) is 1. The van der Waals surface area contributed by atoms with Crippen LogP contribution in [0.15, 0.2) is 67.0 Å². The van der Waals surface area contributed by atoms with Crippen LogP contribution < -0.4 is 10.1 Å². The Morgan fingerprint density at radius 3 is 2.69 bits per heavy atom. The van der Waals surface area contributed by atoms with Crippen molar-refractivity contribution in [3.05, 3.63) is 95.4 Å². The summed E-state index contributed by atoms with van der Waals surface area (Å²) in [4.78, 5) is 16.5.